The van der Waals surface area contributed by atoms with Gasteiger partial charge in [0.15, 0.2) is 5.78 Å². The SMILES string of the molecule is COc1ccc(-c2nn3c(NC4CC4)cccc3c2C(=O)/C=C/N(C)C)cc1. The molecule has 1 fully saturated rings. The predicted octanol–water partition coefficient (Wildman–Crippen LogP) is 3.84. The highest BCUT2D eigenvalue weighted by Gasteiger charge is 2.24. The van der Waals surface area contributed by atoms with E-state index in [0.717, 1.165) is 22.6 Å². The van der Waals surface area contributed by atoms with Gasteiger partial charge in [-0.3, -0.25) is 4.79 Å². The lowest BCUT2D eigenvalue weighted by Crippen LogP contribution is -2.06. The third-order valence-electron chi connectivity index (χ3n) is 4.72. The van der Waals surface area contributed by atoms with E-state index in [4.69, 9.17) is 9.84 Å². The number of carbonyl (C=O) groups is 1. The zero-order chi connectivity index (χ0) is 19.7. The Morgan fingerprint density at radius 2 is 1.96 bits per heavy atom. The monoisotopic (exact) mass is 376 g/mol. The van der Waals surface area contributed by atoms with Gasteiger partial charge in [-0.25, -0.2) is 4.52 Å². The molecule has 3 aromatic rings. The lowest BCUT2D eigenvalue weighted by Gasteiger charge is -2.07. The van der Waals surface area contributed by atoms with Crippen LogP contribution in [0.3, 0.4) is 0 Å². The Balaban J connectivity index is 1.87. The molecule has 6 nitrogen and oxygen atoms in total. The summed E-state index contributed by atoms with van der Waals surface area (Å²) in [6.07, 6.45) is 5.68. The fourth-order valence-electron chi connectivity index (χ4n) is 3.11. The van der Waals surface area contributed by atoms with Crippen molar-refractivity contribution in [2.75, 3.05) is 26.5 Å². The van der Waals surface area contributed by atoms with Crippen LogP contribution < -0.4 is 10.1 Å². The maximum atomic E-state index is 13.1. The van der Waals surface area contributed by atoms with Crippen molar-refractivity contribution in [2.45, 2.75) is 18.9 Å². The quantitative estimate of drug-likeness (QED) is 0.501. The highest BCUT2D eigenvalue weighted by Crippen LogP contribution is 2.31. The van der Waals surface area contributed by atoms with E-state index >= 15 is 0 Å². The number of anilines is 1. The number of nitrogens with zero attached hydrogens (tertiary/aromatic N) is 3. The summed E-state index contributed by atoms with van der Waals surface area (Å²) in [4.78, 5) is 14.9. The van der Waals surface area contributed by atoms with E-state index in [2.05, 4.69) is 5.32 Å². The maximum Gasteiger partial charge on any atom is 0.191 e. The van der Waals surface area contributed by atoms with Crippen molar-refractivity contribution in [2.24, 2.45) is 0 Å². The summed E-state index contributed by atoms with van der Waals surface area (Å²) in [6.45, 7) is 0. The zero-order valence-electron chi connectivity index (χ0n) is 16.3. The van der Waals surface area contributed by atoms with Gasteiger partial charge >= 0.3 is 0 Å². The van der Waals surface area contributed by atoms with Crippen molar-refractivity contribution in [3.63, 3.8) is 0 Å². The van der Waals surface area contributed by atoms with Crippen LogP contribution in [-0.4, -0.2) is 47.5 Å². The number of fused-ring (bicyclic) bond motifs is 1. The second-order valence-corrected chi connectivity index (χ2v) is 7.22. The fraction of sp³-hybridized carbons (Fsp3) is 0.273. The number of methoxy groups -OCH3 is 1. The molecule has 1 N–H and O–H groups in total. The molecule has 0 unspecified atom stereocenters. The Morgan fingerprint density at radius 1 is 1.21 bits per heavy atom. The van der Waals surface area contributed by atoms with Crippen molar-refractivity contribution in [1.82, 2.24) is 14.5 Å². The summed E-state index contributed by atoms with van der Waals surface area (Å²) in [5.41, 5.74) is 2.94. The van der Waals surface area contributed by atoms with Crippen LogP contribution >= 0.6 is 0 Å². The molecule has 0 radical (unpaired) electrons. The van der Waals surface area contributed by atoms with E-state index in [1.54, 1.807) is 19.4 Å². The van der Waals surface area contributed by atoms with E-state index in [1.165, 1.54) is 12.8 Å². The second-order valence-electron chi connectivity index (χ2n) is 7.22. The third kappa shape index (κ3) is 3.58. The average molecular weight is 376 g/mol. The molecule has 0 saturated heterocycles. The largest absolute Gasteiger partial charge is 0.497 e. The minimum atomic E-state index is -0.0712. The molecule has 2 heterocycles. The third-order valence-corrected chi connectivity index (χ3v) is 4.72. The molecule has 0 atom stereocenters. The molecule has 4 rings (SSSR count). The first kappa shape index (κ1) is 18.1. The van der Waals surface area contributed by atoms with Crippen LogP contribution in [0.5, 0.6) is 5.75 Å². The highest BCUT2D eigenvalue weighted by molar-refractivity contribution is 6.13. The Morgan fingerprint density at radius 3 is 2.61 bits per heavy atom. The molecule has 6 heteroatoms. The van der Waals surface area contributed by atoms with Crippen LogP contribution in [0.4, 0.5) is 5.82 Å². The van der Waals surface area contributed by atoms with Crippen molar-refractivity contribution in [3.8, 4) is 17.0 Å². The Bertz CT molecular complexity index is 1030. The molecule has 2 aromatic heterocycles. The first-order valence-corrected chi connectivity index (χ1v) is 9.38. The first-order valence-electron chi connectivity index (χ1n) is 9.38. The molecule has 1 aliphatic carbocycles. The van der Waals surface area contributed by atoms with Crippen molar-refractivity contribution >= 4 is 17.1 Å². The smallest absolute Gasteiger partial charge is 0.191 e. The summed E-state index contributed by atoms with van der Waals surface area (Å²) >= 11 is 0. The molecule has 0 spiro atoms. The molecule has 1 aromatic carbocycles. The predicted molar refractivity (Wildman–Crippen MR) is 111 cm³/mol. The Labute approximate surface area is 164 Å². The fourth-order valence-corrected chi connectivity index (χ4v) is 3.11. The summed E-state index contributed by atoms with van der Waals surface area (Å²) in [5, 5.41) is 8.31. The van der Waals surface area contributed by atoms with Crippen LogP contribution in [0.2, 0.25) is 0 Å². The highest BCUT2D eigenvalue weighted by atomic mass is 16.5. The topological polar surface area (TPSA) is 58.9 Å². The van der Waals surface area contributed by atoms with Gasteiger partial charge in [0.05, 0.1) is 18.2 Å². The molecule has 144 valence electrons. The normalized spacial score (nSPS) is 13.8. The van der Waals surface area contributed by atoms with Crippen LogP contribution in [-0.2, 0) is 0 Å². The van der Waals surface area contributed by atoms with Gasteiger partial charge in [0.25, 0.3) is 0 Å². The van der Waals surface area contributed by atoms with Gasteiger partial charge in [0.2, 0.25) is 0 Å². The van der Waals surface area contributed by atoms with Gasteiger partial charge in [0.1, 0.15) is 17.3 Å². The Kier molecular flexibility index (Phi) is 4.77. The minimum absolute atomic E-state index is 0.0712. The van der Waals surface area contributed by atoms with E-state index in [-0.39, 0.29) is 5.78 Å². The van der Waals surface area contributed by atoms with Crippen molar-refractivity contribution < 1.29 is 9.53 Å². The number of hydrogen-bond donors (Lipinski definition) is 1. The lowest BCUT2D eigenvalue weighted by molar-refractivity contribution is 0.104. The summed E-state index contributed by atoms with van der Waals surface area (Å²) in [5.74, 6) is 1.60. The van der Waals surface area contributed by atoms with Gasteiger partial charge in [-0.15, -0.1) is 0 Å². The molecule has 0 aliphatic heterocycles. The number of ether oxygens (including phenoxy) is 1. The summed E-state index contributed by atoms with van der Waals surface area (Å²) in [7, 11) is 5.42. The number of aromatic nitrogens is 2. The van der Waals surface area contributed by atoms with Crippen LogP contribution in [0.1, 0.15) is 23.2 Å². The zero-order valence-corrected chi connectivity index (χ0v) is 16.3. The van der Waals surface area contributed by atoms with Crippen molar-refractivity contribution in [3.05, 3.63) is 60.3 Å². The van der Waals surface area contributed by atoms with E-state index in [0.29, 0.717) is 17.3 Å². The van der Waals surface area contributed by atoms with Crippen LogP contribution in [0.25, 0.3) is 16.8 Å². The number of nitrogens with one attached hydrogen (secondary N) is 1. The Hall–Kier alpha value is -3.28. The molecule has 0 bridgehead atoms. The molecular weight excluding hydrogens is 352 g/mol. The van der Waals surface area contributed by atoms with Gasteiger partial charge in [0, 0.05) is 38.0 Å². The summed E-state index contributed by atoms with van der Waals surface area (Å²) in [6, 6.07) is 14.0. The number of hydrogen-bond acceptors (Lipinski definition) is 5. The number of allylic oxidation sites excluding steroid dienone is 1. The second kappa shape index (κ2) is 7.38. The lowest BCUT2D eigenvalue weighted by atomic mass is 10.0. The minimum Gasteiger partial charge on any atom is -0.497 e. The van der Waals surface area contributed by atoms with E-state index in [9.17, 15) is 4.79 Å². The molecular formula is C22H24N4O2. The van der Waals surface area contributed by atoms with E-state index < -0.39 is 0 Å². The number of carbonyl (C=O) groups excluding carboxylic acids is 1. The number of ketones is 1. The standard InChI is InChI=1S/C22H24N4O2/c1-25(2)14-13-19(27)21-18-5-4-6-20(23-16-9-10-16)26(18)24-22(21)15-7-11-17(28-3)12-8-15/h4-8,11-14,16,23H,9-10H2,1-3H3/b14-13+. The maximum absolute atomic E-state index is 13.1. The van der Waals surface area contributed by atoms with Crippen molar-refractivity contribution in [1.29, 1.82) is 0 Å². The molecule has 0 amide bonds. The average Bonchev–Trinajstić information content (AvgIpc) is 3.43. The molecule has 28 heavy (non-hydrogen) atoms. The number of benzene rings is 1. The number of pyridine rings is 1. The summed E-state index contributed by atoms with van der Waals surface area (Å²) < 4.78 is 7.10. The van der Waals surface area contributed by atoms with Gasteiger partial charge < -0.3 is 15.0 Å². The van der Waals surface area contributed by atoms with Gasteiger partial charge in [-0.1, -0.05) is 6.07 Å². The van der Waals surface area contributed by atoms with Crippen LogP contribution in [0.15, 0.2) is 54.7 Å². The first-order chi connectivity index (χ1) is 13.6. The van der Waals surface area contributed by atoms with E-state index in [1.807, 2.05) is 66.0 Å². The van der Waals surface area contributed by atoms with Crippen LogP contribution in [0, 0.1) is 0 Å². The van der Waals surface area contributed by atoms with Gasteiger partial charge in [-0.2, -0.15) is 5.10 Å². The van der Waals surface area contributed by atoms with Gasteiger partial charge in [-0.05, 0) is 49.2 Å². The molecule has 1 saturated carbocycles. The number of rotatable bonds is 7. The molecule has 1 aliphatic rings.